The molecule has 0 aromatic heterocycles. The molecular weight excluding hydrogens is 190 g/mol. The fourth-order valence-corrected chi connectivity index (χ4v) is 1.05. The largest absolute Gasteiger partial charge is 0.338 e. The van der Waals surface area contributed by atoms with Crippen molar-refractivity contribution in [2.45, 2.75) is 6.92 Å². The van der Waals surface area contributed by atoms with Crippen LogP contribution in [0.4, 0.5) is 10.5 Å². The molecule has 0 aliphatic carbocycles. The topological polar surface area (TPSA) is 67.1 Å². The Morgan fingerprint density at radius 3 is 2.67 bits per heavy atom. The van der Waals surface area contributed by atoms with Gasteiger partial charge in [0.2, 0.25) is 0 Å². The van der Waals surface area contributed by atoms with E-state index in [1.165, 1.54) is 0 Å². The summed E-state index contributed by atoms with van der Waals surface area (Å²) >= 11 is 0. The number of amides is 2. The van der Waals surface area contributed by atoms with Gasteiger partial charge in [-0.1, -0.05) is 25.1 Å². The molecule has 4 N–H and O–H groups in total. The molecule has 0 saturated carbocycles. The summed E-state index contributed by atoms with van der Waals surface area (Å²) in [6, 6.07) is 9.13. The standard InChI is InChI=1S/C11H17N3O/c1-9(7-12)8-13-11(15)14-10-5-3-2-4-6-10/h2-6,9H,7-8,12H2,1H3,(H2,13,14,15). The number of nitrogens with two attached hydrogens (primary N) is 1. The number of urea groups is 1. The van der Waals surface area contributed by atoms with Gasteiger partial charge in [-0.15, -0.1) is 0 Å². The molecule has 4 heteroatoms. The van der Waals surface area contributed by atoms with Gasteiger partial charge in [-0.3, -0.25) is 0 Å². The number of carbonyl (C=O) groups is 1. The maximum Gasteiger partial charge on any atom is 0.319 e. The number of benzene rings is 1. The van der Waals surface area contributed by atoms with E-state index < -0.39 is 0 Å². The van der Waals surface area contributed by atoms with Crippen LogP contribution in [0.1, 0.15) is 6.92 Å². The highest BCUT2D eigenvalue weighted by atomic mass is 16.2. The van der Waals surface area contributed by atoms with Crippen LogP contribution < -0.4 is 16.4 Å². The minimum atomic E-state index is -0.193. The van der Waals surface area contributed by atoms with E-state index >= 15 is 0 Å². The Balaban J connectivity index is 2.31. The number of carbonyl (C=O) groups excluding carboxylic acids is 1. The van der Waals surface area contributed by atoms with Crippen LogP contribution in [-0.2, 0) is 0 Å². The molecule has 4 nitrogen and oxygen atoms in total. The summed E-state index contributed by atoms with van der Waals surface area (Å²) in [6.45, 7) is 3.16. The van der Waals surface area contributed by atoms with Gasteiger partial charge in [0.15, 0.2) is 0 Å². The van der Waals surface area contributed by atoms with Crippen LogP contribution in [0.2, 0.25) is 0 Å². The van der Waals surface area contributed by atoms with Crippen LogP contribution in [0.3, 0.4) is 0 Å². The molecule has 1 rings (SSSR count). The van der Waals surface area contributed by atoms with E-state index in [1.807, 2.05) is 37.3 Å². The normalized spacial score (nSPS) is 11.9. The Kier molecular flexibility index (Phi) is 4.63. The Morgan fingerprint density at radius 2 is 2.07 bits per heavy atom. The zero-order valence-corrected chi connectivity index (χ0v) is 8.86. The summed E-state index contributed by atoms with van der Waals surface area (Å²) in [5, 5.41) is 5.48. The summed E-state index contributed by atoms with van der Waals surface area (Å²) in [5.41, 5.74) is 6.23. The lowest BCUT2D eigenvalue weighted by Gasteiger charge is -2.10. The fraction of sp³-hybridized carbons (Fsp3) is 0.364. The van der Waals surface area contributed by atoms with Crippen molar-refractivity contribution in [2.75, 3.05) is 18.4 Å². The molecule has 0 aliphatic rings. The second kappa shape index (κ2) is 6.03. The first-order valence-corrected chi connectivity index (χ1v) is 5.02. The third-order valence-corrected chi connectivity index (χ3v) is 2.05. The summed E-state index contributed by atoms with van der Waals surface area (Å²) < 4.78 is 0. The Labute approximate surface area is 89.9 Å². The molecule has 0 heterocycles. The van der Waals surface area contributed by atoms with E-state index in [0.717, 1.165) is 5.69 Å². The quantitative estimate of drug-likeness (QED) is 0.698. The van der Waals surface area contributed by atoms with Crippen molar-refractivity contribution in [3.05, 3.63) is 30.3 Å². The third-order valence-electron chi connectivity index (χ3n) is 2.05. The lowest BCUT2D eigenvalue weighted by molar-refractivity contribution is 0.250. The lowest BCUT2D eigenvalue weighted by atomic mass is 10.2. The molecule has 0 spiro atoms. The predicted octanol–water partition coefficient (Wildman–Crippen LogP) is 1.40. The van der Waals surface area contributed by atoms with Crippen molar-refractivity contribution >= 4 is 11.7 Å². The Hall–Kier alpha value is -1.55. The molecule has 0 aliphatic heterocycles. The molecule has 1 unspecified atom stereocenters. The molecule has 0 saturated heterocycles. The highest BCUT2D eigenvalue weighted by Gasteiger charge is 2.03. The minimum absolute atomic E-state index is 0.193. The van der Waals surface area contributed by atoms with Crippen LogP contribution in [0.15, 0.2) is 30.3 Å². The van der Waals surface area contributed by atoms with Crippen LogP contribution in [-0.4, -0.2) is 19.1 Å². The highest BCUT2D eigenvalue weighted by molar-refractivity contribution is 5.89. The van der Waals surface area contributed by atoms with Gasteiger partial charge in [-0.25, -0.2) is 4.79 Å². The second-order valence-electron chi connectivity index (χ2n) is 3.54. The van der Waals surface area contributed by atoms with Crippen molar-refractivity contribution in [2.24, 2.45) is 11.7 Å². The first-order valence-electron chi connectivity index (χ1n) is 5.02. The lowest BCUT2D eigenvalue weighted by Crippen LogP contribution is -2.34. The number of anilines is 1. The Bertz CT molecular complexity index is 300. The first kappa shape index (κ1) is 11.5. The fourth-order valence-electron chi connectivity index (χ4n) is 1.05. The van der Waals surface area contributed by atoms with Crippen molar-refractivity contribution < 1.29 is 4.79 Å². The SMILES string of the molecule is CC(CN)CNC(=O)Nc1ccccc1. The van der Waals surface area contributed by atoms with Crippen LogP contribution in [0.5, 0.6) is 0 Å². The van der Waals surface area contributed by atoms with Gasteiger partial charge < -0.3 is 16.4 Å². The number of nitrogens with one attached hydrogen (secondary N) is 2. The zero-order valence-electron chi connectivity index (χ0n) is 8.86. The van der Waals surface area contributed by atoms with Crippen LogP contribution in [0.25, 0.3) is 0 Å². The predicted molar refractivity (Wildman–Crippen MR) is 61.7 cm³/mol. The summed E-state index contributed by atoms with van der Waals surface area (Å²) in [6.07, 6.45) is 0. The Morgan fingerprint density at radius 1 is 1.40 bits per heavy atom. The van der Waals surface area contributed by atoms with Crippen molar-refractivity contribution in [3.63, 3.8) is 0 Å². The molecule has 0 fully saturated rings. The first-order chi connectivity index (χ1) is 7.22. The van der Waals surface area contributed by atoms with Crippen molar-refractivity contribution in [3.8, 4) is 0 Å². The average Bonchev–Trinajstić information content (AvgIpc) is 2.27. The van der Waals surface area contributed by atoms with E-state index in [2.05, 4.69) is 10.6 Å². The van der Waals surface area contributed by atoms with Crippen LogP contribution in [0, 0.1) is 5.92 Å². The highest BCUT2D eigenvalue weighted by Crippen LogP contribution is 2.04. The van der Waals surface area contributed by atoms with E-state index in [-0.39, 0.29) is 6.03 Å². The van der Waals surface area contributed by atoms with E-state index in [4.69, 9.17) is 5.73 Å². The smallest absolute Gasteiger partial charge is 0.319 e. The molecule has 1 atom stereocenters. The molecule has 1 aromatic rings. The summed E-state index contributed by atoms with van der Waals surface area (Å²) in [7, 11) is 0. The number of rotatable bonds is 4. The maximum absolute atomic E-state index is 11.4. The molecule has 15 heavy (non-hydrogen) atoms. The van der Waals surface area contributed by atoms with Crippen molar-refractivity contribution in [1.82, 2.24) is 5.32 Å². The molecule has 0 bridgehead atoms. The molecule has 2 amide bonds. The maximum atomic E-state index is 11.4. The minimum Gasteiger partial charge on any atom is -0.338 e. The van der Waals surface area contributed by atoms with Gasteiger partial charge in [-0.2, -0.15) is 0 Å². The van der Waals surface area contributed by atoms with E-state index in [0.29, 0.717) is 19.0 Å². The molecule has 1 aromatic carbocycles. The van der Waals surface area contributed by atoms with E-state index in [1.54, 1.807) is 0 Å². The van der Waals surface area contributed by atoms with Gasteiger partial charge in [0.05, 0.1) is 0 Å². The average molecular weight is 207 g/mol. The second-order valence-corrected chi connectivity index (χ2v) is 3.54. The zero-order chi connectivity index (χ0) is 11.1. The van der Waals surface area contributed by atoms with Gasteiger partial charge in [0, 0.05) is 12.2 Å². The summed E-state index contributed by atoms with van der Waals surface area (Å²) in [5.74, 6) is 0.298. The van der Waals surface area contributed by atoms with Gasteiger partial charge in [0.1, 0.15) is 0 Å². The summed E-state index contributed by atoms with van der Waals surface area (Å²) in [4.78, 5) is 11.4. The number of hydrogen-bond donors (Lipinski definition) is 3. The molecule has 82 valence electrons. The third kappa shape index (κ3) is 4.46. The molecular formula is C11H17N3O. The molecule has 0 radical (unpaired) electrons. The van der Waals surface area contributed by atoms with E-state index in [9.17, 15) is 4.79 Å². The van der Waals surface area contributed by atoms with Gasteiger partial charge >= 0.3 is 6.03 Å². The number of para-hydroxylation sites is 1. The van der Waals surface area contributed by atoms with Gasteiger partial charge in [0.25, 0.3) is 0 Å². The van der Waals surface area contributed by atoms with Crippen LogP contribution >= 0.6 is 0 Å². The van der Waals surface area contributed by atoms with Gasteiger partial charge in [-0.05, 0) is 24.6 Å². The van der Waals surface area contributed by atoms with Crippen molar-refractivity contribution in [1.29, 1.82) is 0 Å². The number of hydrogen-bond acceptors (Lipinski definition) is 2. The monoisotopic (exact) mass is 207 g/mol.